The maximum atomic E-state index is 4.90. The summed E-state index contributed by atoms with van der Waals surface area (Å²) < 4.78 is 0. The van der Waals surface area contributed by atoms with Crippen molar-refractivity contribution in [3.63, 3.8) is 0 Å². The molecule has 0 saturated carbocycles. The highest BCUT2D eigenvalue weighted by atomic mass is 31.2. The molecule has 0 radical (unpaired) electrons. The zero-order chi connectivity index (χ0) is 40.6. The normalized spacial score (nSPS) is 16.8. The standard InChI is InChI=1S/C56H52P4/c1-9-27-49(28-10-1)57(50-29-11-2-12-30-50)43-25-44-59(53-35-17-5-18-36-53,54-37-19-6-20-38-54)48-60(55-39-21-7-22-40-55,56-41-23-8-24-42-56)46-26-45-58(47-57,51-31-13-3-14-32-51)52-33-15-4-16-34-52/h1-24,27-42H,25-26,43-46H2. The minimum atomic E-state index is -2.29. The number of benzene rings is 8. The van der Waals surface area contributed by atoms with E-state index >= 15 is 0 Å². The molecule has 0 spiro atoms. The van der Waals surface area contributed by atoms with Crippen LogP contribution in [-0.4, -0.2) is 35.0 Å². The van der Waals surface area contributed by atoms with Crippen LogP contribution >= 0.6 is 27.5 Å². The molecule has 0 aromatic heterocycles. The summed E-state index contributed by atoms with van der Waals surface area (Å²) in [6, 6.07) is 92.3. The second kappa shape index (κ2) is 18.3. The Morgan fingerprint density at radius 3 is 0.467 bits per heavy atom. The molecule has 8 aromatic rings. The van der Waals surface area contributed by atoms with Crippen molar-refractivity contribution in [2.75, 3.05) is 24.6 Å². The molecule has 1 heterocycles. The van der Waals surface area contributed by atoms with E-state index < -0.39 is 27.5 Å². The Morgan fingerprint density at radius 2 is 0.333 bits per heavy atom. The van der Waals surface area contributed by atoms with E-state index in [-0.39, 0.29) is 0 Å². The first-order chi connectivity index (χ1) is 29.7. The van der Waals surface area contributed by atoms with Gasteiger partial charge in [-0.05, 0) is 107 Å². The van der Waals surface area contributed by atoms with Crippen LogP contribution in [0.3, 0.4) is 0 Å². The van der Waals surface area contributed by atoms with Gasteiger partial charge in [0.1, 0.15) is 0 Å². The van der Waals surface area contributed by atoms with Gasteiger partial charge < -0.3 is 0 Å². The Balaban J connectivity index is 1.48. The van der Waals surface area contributed by atoms with Crippen LogP contribution in [0.2, 0.25) is 0 Å². The molecular formula is C56H52P4. The van der Waals surface area contributed by atoms with Crippen LogP contribution in [0.4, 0.5) is 0 Å². The van der Waals surface area contributed by atoms with Crippen molar-refractivity contribution in [1.82, 2.24) is 0 Å². The van der Waals surface area contributed by atoms with Gasteiger partial charge >= 0.3 is 0 Å². The number of rotatable bonds is 8. The molecule has 0 saturated heterocycles. The third-order valence-corrected chi connectivity index (χ3v) is 31.1. The Bertz CT molecular complexity index is 2310. The summed E-state index contributed by atoms with van der Waals surface area (Å²) in [6.07, 6.45) is 6.23. The van der Waals surface area contributed by atoms with Crippen LogP contribution < -0.4 is 42.4 Å². The Kier molecular flexibility index (Phi) is 12.4. The molecule has 0 unspecified atom stereocenters. The lowest BCUT2D eigenvalue weighted by atomic mass is 10.4. The summed E-state index contributed by atoms with van der Waals surface area (Å²) in [7, 11) is 0. The van der Waals surface area contributed by atoms with Crippen LogP contribution in [0.25, 0.3) is 0 Å². The molecule has 0 atom stereocenters. The molecule has 8 aromatic carbocycles. The van der Waals surface area contributed by atoms with Gasteiger partial charge in [-0.2, -0.15) is 0 Å². The molecular weight excluding hydrogens is 797 g/mol. The first-order valence-electron chi connectivity index (χ1n) is 21.2. The van der Waals surface area contributed by atoms with E-state index in [9.17, 15) is 0 Å². The molecule has 0 nitrogen and oxygen atoms in total. The van der Waals surface area contributed by atoms with E-state index in [2.05, 4.69) is 243 Å². The predicted octanol–water partition coefficient (Wildman–Crippen LogP) is 10.7. The van der Waals surface area contributed by atoms with Crippen LogP contribution in [-0.2, 0) is 0 Å². The van der Waals surface area contributed by atoms with Crippen LogP contribution in [0.15, 0.2) is 243 Å². The lowest BCUT2D eigenvalue weighted by Gasteiger charge is -2.35. The maximum absolute atomic E-state index is 4.90. The average molecular weight is 849 g/mol. The first kappa shape index (κ1) is 40.4. The highest BCUT2D eigenvalue weighted by Crippen LogP contribution is 2.58. The first-order valence-corrected chi connectivity index (χ1v) is 29.1. The maximum Gasteiger partial charge on any atom is -0.0102 e. The van der Waals surface area contributed by atoms with Gasteiger partial charge in [0, 0.05) is 0 Å². The SMILES string of the molecule is C1=P(c2ccccc2)(c2ccccc2)CCCP(c2ccccc2)(c2ccccc2)=C=P(c2ccccc2)(c2ccccc2)CCCP=1(c1ccccc1)c1ccccc1. The monoisotopic (exact) mass is 848 g/mol. The van der Waals surface area contributed by atoms with E-state index in [1.165, 1.54) is 42.4 Å². The quantitative estimate of drug-likeness (QED) is 0.134. The van der Waals surface area contributed by atoms with Crippen LogP contribution in [0, 0.1) is 0 Å². The van der Waals surface area contributed by atoms with Crippen molar-refractivity contribution in [2.24, 2.45) is 0 Å². The molecule has 1 aliphatic heterocycles. The molecule has 9 rings (SSSR count). The van der Waals surface area contributed by atoms with E-state index in [0.717, 1.165) is 37.5 Å². The van der Waals surface area contributed by atoms with Crippen molar-refractivity contribution in [2.45, 2.75) is 12.8 Å². The Hall–Kier alpha value is -4.96. The van der Waals surface area contributed by atoms with Gasteiger partial charge in [-0.1, -0.05) is 243 Å². The highest BCUT2D eigenvalue weighted by Gasteiger charge is 2.34. The molecule has 0 fully saturated rings. The van der Waals surface area contributed by atoms with Crippen LogP contribution in [0.1, 0.15) is 12.8 Å². The number of hydrogen-bond donors (Lipinski definition) is 0. The molecule has 60 heavy (non-hydrogen) atoms. The minimum absolute atomic E-state index is 1.04. The fourth-order valence-corrected chi connectivity index (χ4v) is 31.1. The summed E-state index contributed by atoms with van der Waals surface area (Å²) in [5.74, 6) is 0. The zero-order valence-corrected chi connectivity index (χ0v) is 37.7. The molecule has 296 valence electrons. The predicted molar refractivity (Wildman–Crippen MR) is 275 cm³/mol. The van der Waals surface area contributed by atoms with Crippen molar-refractivity contribution >= 4 is 80.3 Å². The lowest BCUT2D eigenvalue weighted by Crippen LogP contribution is -2.27. The largest absolute Gasteiger partial charge is 0.114 e. The third-order valence-electron chi connectivity index (χ3n) is 12.2. The molecule has 0 N–H and O–H groups in total. The zero-order valence-electron chi connectivity index (χ0n) is 34.1. The molecule has 1 aliphatic rings. The Morgan fingerprint density at radius 1 is 0.200 bits per heavy atom. The summed E-state index contributed by atoms with van der Waals surface area (Å²) in [6.45, 7) is -9.15. The highest BCUT2D eigenvalue weighted by molar-refractivity contribution is 8.02. The van der Waals surface area contributed by atoms with E-state index in [0.29, 0.717) is 0 Å². The van der Waals surface area contributed by atoms with Gasteiger partial charge in [0.25, 0.3) is 0 Å². The van der Waals surface area contributed by atoms with Crippen molar-refractivity contribution in [1.29, 1.82) is 0 Å². The van der Waals surface area contributed by atoms with E-state index in [1.807, 2.05) is 0 Å². The molecule has 0 aliphatic carbocycles. The van der Waals surface area contributed by atoms with Gasteiger partial charge in [0.15, 0.2) is 0 Å². The van der Waals surface area contributed by atoms with Gasteiger partial charge in [-0.15, -0.1) is 10.3 Å². The summed E-state index contributed by atoms with van der Waals surface area (Å²) in [5.41, 5.74) is 0. The van der Waals surface area contributed by atoms with Crippen molar-refractivity contribution < 1.29 is 0 Å². The van der Waals surface area contributed by atoms with E-state index in [1.54, 1.807) is 0 Å². The fourth-order valence-electron chi connectivity index (χ4n) is 9.42. The van der Waals surface area contributed by atoms with Crippen molar-refractivity contribution in [3.05, 3.63) is 243 Å². The summed E-state index contributed by atoms with van der Waals surface area (Å²) in [4.78, 5) is 0. The average Bonchev–Trinajstić information content (AvgIpc) is 3.34. The van der Waals surface area contributed by atoms with Gasteiger partial charge in [-0.3, -0.25) is 0 Å². The van der Waals surface area contributed by atoms with Gasteiger partial charge in [0.05, 0.1) is 0 Å². The van der Waals surface area contributed by atoms with Crippen molar-refractivity contribution in [3.8, 4) is 0 Å². The minimum Gasteiger partial charge on any atom is -0.114 e. The van der Waals surface area contributed by atoms with Gasteiger partial charge in [-0.25, -0.2) is 0 Å². The Labute approximate surface area is 358 Å². The fraction of sp³-hybridized carbons (Fsp3) is 0.107. The van der Waals surface area contributed by atoms with Crippen LogP contribution in [0.5, 0.6) is 0 Å². The molecule has 0 bridgehead atoms. The third kappa shape index (κ3) is 7.88. The topological polar surface area (TPSA) is 0 Å². The van der Waals surface area contributed by atoms with E-state index in [4.69, 9.17) is 10.3 Å². The summed E-state index contributed by atoms with van der Waals surface area (Å²) >= 11 is 0. The van der Waals surface area contributed by atoms with Gasteiger partial charge in [0.2, 0.25) is 0 Å². The molecule has 0 amide bonds. The summed E-state index contributed by atoms with van der Waals surface area (Å²) in [5, 5.41) is 21.2. The lowest BCUT2D eigenvalue weighted by molar-refractivity contribution is 1.11. The number of hydrogen-bond acceptors (Lipinski definition) is 0. The second-order valence-electron chi connectivity index (χ2n) is 15.7. The smallest absolute Gasteiger partial charge is 0.0102 e. The second-order valence-corrected chi connectivity index (χ2v) is 29.7. The molecule has 4 heteroatoms.